The van der Waals surface area contributed by atoms with E-state index < -0.39 is 0 Å². The molecule has 5 heteroatoms. The number of carbonyl (C=O) groups excluding carboxylic acids is 1. The van der Waals surface area contributed by atoms with E-state index in [1.54, 1.807) is 0 Å². The second kappa shape index (κ2) is 12.7. The number of ketones is 1. The minimum atomic E-state index is -0.125. The maximum absolute atomic E-state index is 10.0. The van der Waals surface area contributed by atoms with E-state index in [-0.39, 0.29) is 31.6 Å². The van der Waals surface area contributed by atoms with Crippen LogP contribution in [0.3, 0.4) is 0 Å². The number of aliphatic hydroxyl groups is 1. The number of carbonyl (C=O) groups is 1. The minimum Gasteiger partial charge on any atom is -0.512 e. The number of allylic oxidation sites excluding steroid dienone is 2. The van der Waals surface area contributed by atoms with Crippen molar-refractivity contribution in [3.05, 3.63) is 89.3 Å². The third kappa shape index (κ3) is 7.03. The molecule has 1 radical (unpaired) electrons. The summed E-state index contributed by atoms with van der Waals surface area (Å²) >= 11 is 0. The number of hydrogen-bond acceptors (Lipinski definition) is 4. The van der Waals surface area contributed by atoms with Gasteiger partial charge in [0, 0.05) is 37.8 Å². The van der Waals surface area contributed by atoms with Crippen molar-refractivity contribution in [1.29, 1.82) is 0 Å². The molecule has 0 aliphatic heterocycles. The van der Waals surface area contributed by atoms with Gasteiger partial charge in [-0.15, -0.1) is 17.7 Å². The SMILES string of the molecule is CC(=O)/C=C(/C)O.Cc1ccc2oc3c(-c4nccc5cc(CC(C)C)ccc45)[c-]c(C(C)C)cc3c2c1.[Ir]. The molecule has 0 aliphatic rings. The zero-order valence-electron chi connectivity index (χ0n) is 23.7. The topological polar surface area (TPSA) is 63.3 Å². The van der Waals surface area contributed by atoms with E-state index in [0.717, 1.165) is 45.0 Å². The molecule has 5 aromatic rings. The summed E-state index contributed by atoms with van der Waals surface area (Å²) in [6.07, 6.45) is 4.15. The molecule has 0 saturated carbocycles. The first-order chi connectivity index (χ1) is 18.0. The van der Waals surface area contributed by atoms with E-state index in [1.807, 2.05) is 6.20 Å². The van der Waals surface area contributed by atoms with Gasteiger partial charge in [0.1, 0.15) is 5.58 Å². The maximum Gasteiger partial charge on any atom is 0.155 e. The van der Waals surface area contributed by atoms with Gasteiger partial charge >= 0.3 is 0 Å². The van der Waals surface area contributed by atoms with Crippen LogP contribution in [-0.4, -0.2) is 15.9 Å². The fraction of sp³-hybridized carbons (Fsp3) is 0.294. The van der Waals surface area contributed by atoms with Crippen LogP contribution in [0.2, 0.25) is 0 Å². The quantitative estimate of drug-likeness (QED) is 0.113. The average Bonchev–Trinajstić information content (AvgIpc) is 3.20. The van der Waals surface area contributed by atoms with Crippen molar-refractivity contribution in [3.8, 4) is 11.3 Å². The molecule has 0 saturated heterocycles. The van der Waals surface area contributed by atoms with Gasteiger partial charge in [-0.2, -0.15) is 0 Å². The number of nitrogens with zero attached hydrogens (tertiary/aromatic N) is 1. The monoisotopic (exact) mass is 699 g/mol. The number of pyridine rings is 1. The third-order valence-electron chi connectivity index (χ3n) is 6.42. The summed E-state index contributed by atoms with van der Waals surface area (Å²) < 4.78 is 6.38. The van der Waals surface area contributed by atoms with Gasteiger partial charge in [0.2, 0.25) is 0 Å². The molecule has 1 N–H and O–H groups in total. The van der Waals surface area contributed by atoms with Crippen LogP contribution >= 0.6 is 0 Å². The smallest absolute Gasteiger partial charge is 0.155 e. The number of aliphatic hydroxyl groups excluding tert-OH is 1. The molecular weight excluding hydrogens is 663 g/mol. The third-order valence-corrected chi connectivity index (χ3v) is 6.42. The molecule has 0 aliphatic carbocycles. The number of rotatable bonds is 5. The zero-order valence-corrected chi connectivity index (χ0v) is 26.1. The Labute approximate surface area is 244 Å². The van der Waals surface area contributed by atoms with Crippen LogP contribution < -0.4 is 0 Å². The van der Waals surface area contributed by atoms with Gasteiger partial charge in [0.25, 0.3) is 0 Å². The van der Waals surface area contributed by atoms with Crippen LogP contribution in [0, 0.1) is 18.9 Å². The van der Waals surface area contributed by atoms with E-state index in [9.17, 15) is 4.79 Å². The molecule has 0 unspecified atom stereocenters. The number of fused-ring (bicyclic) bond motifs is 4. The summed E-state index contributed by atoms with van der Waals surface area (Å²) in [5.41, 5.74) is 7.46. The normalized spacial score (nSPS) is 11.7. The van der Waals surface area contributed by atoms with E-state index in [2.05, 4.69) is 89.2 Å². The van der Waals surface area contributed by atoms with Crippen molar-refractivity contribution in [3.63, 3.8) is 0 Å². The first-order valence-corrected chi connectivity index (χ1v) is 13.2. The molecule has 0 fully saturated rings. The van der Waals surface area contributed by atoms with Crippen LogP contribution in [0.25, 0.3) is 44.0 Å². The molecule has 39 heavy (non-hydrogen) atoms. The van der Waals surface area contributed by atoms with Gasteiger partial charge in [-0.1, -0.05) is 68.5 Å². The van der Waals surface area contributed by atoms with Gasteiger partial charge in [0.15, 0.2) is 5.78 Å². The fourth-order valence-corrected chi connectivity index (χ4v) is 4.75. The summed E-state index contributed by atoms with van der Waals surface area (Å²) in [4.78, 5) is 14.8. The van der Waals surface area contributed by atoms with Crippen LogP contribution in [-0.2, 0) is 31.3 Å². The Bertz CT molecular complexity index is 1660. The minimum absolute atomic E-state index is 0. The second-order valence-electron chi connectivity index (χ2n) is 10.8. The van der Waals surface area contributed by atoms with Crippen LogP contribution in [0.5, 0.6) is 0 Å². The number of furan rings is 1. The van der Waals surface area contributed by atoms with Crippen molar-refractivity contribution >= 4 is 38.5 Å². The zero-order chi connectivity index (χ0) is 27.6. The van der Waals surface area contributed by atoms with Crippen LogP contribution in [0.15, 0.2) is 71.0 Å². The van der Waals surface area contributed by atoms with Crippen LogP contribution in [0.1, 0.15) is 64.2 Å². The number of aromatic nitrogens is 1. The van der Waals surface area contributed by atoms with Gasteiger partial charge in [-0.05, 0) is 79.3 Å². The maximum atomic E-state index is 10.0. The summed E-state index contributed by atoms with van der Waals surface area (Å²) in [5.74, 6) is 0.937. The van der Waals surface area contributed by atoms with Crippen LogP contribution in [0.4, 0.5) is 0 Å². The van der Waals surface area contributed by atoms with Crippen molar-refractivity contribution in [2.24, 2.45) is 5.92 Å². The predicted molar refractivity (Wildman–Crippen MR) is 158 cm³/mol. The average molecular weight is 699 g/mol. The molecule has 0 spiro atoms. The van der Waals surface area contributed by atoms with Crippen molar-refractivity contribution in [2.75, 3.05) is 0 Å². The van der Waals surface area contributed by atoms with E-state index in [0.29, 0.717) is 11.8 Å². The number of benzene rings is 3. The molecule has 2 aromatic heterocycles. The van der Waals surface area contributed by atoms with Gasteiger partial charge in [0.05, 0.1) is 11.3 Å². The second-order valence-corrected chi connectivity index (χ2v) is 10.8. The van der Waals surface area contributed by atoms with Gasteiger partial charge < -0.3 is 14.5 Å². The first-order valence-electron chi connectivity index (χ1n) is 13.2. The molecule has 0 amide bonds. The molecule has 3 aromatic carbocycles. The molecule has 5 rings (SSSR count). The Morgan fingerprint density at radius 2 is 1.74 bits per heavy atom. The molecule has 4 nitrogen and oxygen atoms in total. The summed E-state index contributed by atoms with van der Waals surface area (Å²) in [5, 5.41) is 13.0. The fourth-order valence-electron chi connectivity index (χ4n) is 4.75. The Morgan fingerprint density at radius 1 is 1.00 bits per heavy atom. The van der Waals surface area contributed by atoms with Crippen molar-refractivity contribution < 1.29 is 34.4 Å². The summed E-state index contributed by atoms with van der Waals surface area (Å²) in [7, 11) is 0. The Hall–Kier alpha value is -3.27. The largest absolute Gasteiger partial charge is 0.512 e. The number of aryl methyl sites for hydroxylation is 1. The van der Waals surface area contributed by atoms with E-state index in [4.69, 9.17) is 14.5 Å². The Balaban J connectivity index is 0.000000468. The molecular formula is C34H36IrNO3-. The number of hydrogen-bond donors (Lipinski definition) is 1. The predicted octanol–water partition coefficient (Wildman–Crippen LogP) is 9.27. The summed E-state index contributed by atoms with van der Waals surface area (Å²) in [6.45, 7) is 13.9. The molecule has 0 bridgehead atoms. The van der Waals surface area contributed by atoms with Crippen molar-refractivity contribution in [2.45, 2.75) is 60.8 Å². The van der Waals surface area contributed by atoms with Crippen molar-refractivity contribution in [1.82, 2.24) is 4.98 Å². The standard InChI is InChI=1S/C29H28NO.C5H8O2.Ir/c1-17(2)12-20-7-8-23-21(14-20)10-11-30-28(23)26-16-22(18(3)4)15-25-24-13-19(5)6-9-27(24)31-29(25)26;1-4(6)3-5(2)7;/h6-11,13-15,17-18H,12H2,1-5H3;3,6H,1-2H3;/q-1;;/b;4-3-;. The molecule has 0 atom stereocenters. The van der Waals surface area contributed by atoms with E-state index >= 15 is 0 Å². The Kier molecular flexibility index (Phi) is 9.88. The molecule has 2 heterocycles. The van der Waals surface area contributed by atoms with E-state index in [1.165, 1.54) is 42.0 Å². The Morgan fingerprint density at radius 3 is 2.36 bits per heavy atom. The summed E-state index contributed by atoms with van der Waals surface area (Å²) in [6, 6.07) is 21.1. The van der Waals surface area contributed by atoms with Gasteiger partial charge in [-0.25, -0.2) is 0 Å². The molecule has 205 valence electrons. The first kappa shape index (κ1) is 30.3. The van der Waals surface area contributed by atoms with Gasteiger partial charge in [-0.3, -0.25) is 4.79 Å².